The lowest BCUT2D eigenvalue weighted by atomic mass is 9.75. The minimum absolute atomic E-state index is 0.153. The van der Waals surface area contributed by atoms with Crippen LogP contribution in [0.1, 0.15) is 18.4 Å². The Morgan fingerprint density at radius 1 is 1.00 bits per heavy atom. The van der Waals surface area contributed by atoms with Gasteiger partial charge in [-0.3, -0.25) is 19.3 Å². The minimum atomic E-state index is -1.21. The van der Waals surface area contributed by atoms with Crippen LogP contribution in [0.2, 0.25) is 10.0 Å². The summed E-state index contributed by atoms with van der Waals surface area (Å²) in [5, 5.41) is 3.87. The van der Waals surface area contributed by atoms with Crippen LogP contribution in [0.15, 0.2) is 42.5 Å². The third-order valence-corrected chi connectivity index (χ3v) is 7.63. The third kappa shape index (κ3) is 2.02. The number of halogens is 2. The molecule has 0 radical (unpaired) electrons. The Balaban J connectivity index is 1.56. The Hall–Kier alpha value is -2.41. The highest BCUT2D eigenvalue weighted by Crippen LogP contribution is 2.61. The number of benzene rings is 2. The number of hydrogen-bond acceptors (Lipinski definition) is 4. The van der Waals surface area contributed by atoms with Gasteiger partial charge in [-0.1, -0.05) is 35.3 Å². The van der Waals surface area contributed by atoms with Gasteiger partial charge in [0.2, 0.25) is 11.8 Å². The van der Waals surface area contributed by atoms with Gasteiger partial charge in [0.05, 0.1) is 28.2 Å². The average molecular weight is 442 g/mol. The van der Waals surface area contributed by atoms with E-state index in [1.54, 1.807) is 36.4 Å². The number of nitrogens with one attached hydrogen (secondary N) is 1. The molecule has 3 fully saturated rings. The summed E-state index contributed by atoms with van der Waals surface area (Å²) in [6.07, 6.45) is 1.65. The Kier molecular flexibility index (Phi) is 3.71. The molecule has 30 heavy (non-hydrogen) atoms. The summed E-state index contributed by atoms with van der Waals surface area (Å²) in [4.78, 5) is 44.1. The predicted octanol–water partition coefficient (Wildman–Crippen LogP) is 3.42. The van der Waals surface area contributed by atoms with E-state index in [9.17, 15) is 14.4 Å². The fraction of sp³-hybridized carbons (Fsp3) is 0.318. The topological polar surface area (TPSA) is 69.7 Å². The van der Waals surface area contributed by atoms with Gasteiger partial charge in [-0.2, -0.15) is 0 Å². The van der Waals surface area contributed by atoms with E-state index in [1.165, 1.54) is 4.90 Å². The van der Waals surface area contributed by atoms with Gasteiger partial charge >= 0.3 is 0 Å². The van der Waals surface area contributed by atoms with Crippen LogP contribution in [0.4, 0.5) is 11.4 Å². The number of anilines is 2. The number of para-hydroxylation sites is 1. The molecule has 3 amide bonds. The molecular formula is C22H17Cl2N3O3. The number of imide groups is 1. The van der Waals surface area contributed by atoms with Crippen molar-refractivity contribution in [3.05, 3.63) is 58.1 Å². The fourth-order valence-corrected chi connectivity index (χ4v) is 6.39. The number of hydrogen-bond donors (Lipinski definition) is 1. The molecule has 0 aromatic heterocycles. The average Bonchev–Trinajstić information content (AvgIpc) is 3.42. The zero-order chi connectivity index (χ0) is 20.8. The van der Waals surface area contributed by atoms with E-state index in [4.69, 9.17) is 23.2 Å². The number of nitrogens with zero attached hydrogens (tertiary/aromatic N) is 2. The molecule has 152 valence electrons. The van der Waals surface area contributed by atoms with E-state index in [1.807, 2.05) is 6.07 Å². The number of rotatable bonds is 1. The normalized spacial score (nSPS) is 32.0. The van der Waals surface area contributed by atoms with Crippen LogP contribution in [0.3, 0.4) is 0 Å². The second-order valence-corrected chi connectivity index (χ2v) is 9.12. The number of carbonyl (C=O) groups excluding carboxylic acids is 3. The molecule has 0 bridgehead atoms. The molecular weight excluding hydrogens is 425 g/mol. The quantitative estimate of drug-likeness (QED) is 0.688. The van der Waals surface area contributed by atoms with Gasteiger partial charge < -0.3 is 5.32 Å². The van der Waals surface area contributed by atoms with Crippen LogP contribution >= 0.6 is 23.2 Å². The van der Waals surface area contributed by atoms with Crippen LogP contribution in [0.25, 0.3) is 0 Å². The molecule has 1 N–H and O–H groups in total. The third-order valence-electron chi connectivity index (χ3n) is 7.06. The van der Waals surface area contributed by atoms with Gasteiger partial charge in [0.25, 0.3) is 5.91 Å². The second kappa shape index (κ2) is 6.06. The molecule has 0 unspecified atom stereocenters. The van der Waals surface area contributed by atoms with Crippen LogP contribution in [0.5, 0.6) is 0 Å². The lowest BCUT2D eigenvalue weighted by molar-refractivity contribution is -0.135. The maximum Gasteiger partial charge on any atom is 0.250 e. The van der Waals surface area contributed by atoms with E-state index >= 15 is 0 Å². The first-order chi connectivity index (χ1) is 14.5. The molecule has 1 spiro atoms. The van der Waals surface area contributed by atoms with E-state index in [0.29, 0.717) is 33.5 Å². The van der Waals surface area contributed by atoms with E-state index < -0.39 is 17.4 Å². The molecule has 6 nitrogen and oxygen atoms in total. The first-order valence-electron chi connectivity index (χ1n) is 9.97. The molecule has 2 aromatic rings. The SMILES string of the molecule is O=C1[C@@H]2[C@H]3CCCN3[C@]3(C(=O)Nc4c(Cl)cccc43)[C@@H]2C(=O)N1c1ccc(Cl)cc1. The summed E-state index contributed by atoms with van der Waals surface area (Å²) in [5.74, 6) is -2.21. The Bertz CT molecular complexity index is 1130. The van der Waals surface area contributed by atoms with Crippen LogP contribution < -0.4 is 10.2 Å². The molecule has 6 rings (SSSR count). The van der Waals surface area contributed by atoms with Crippen molar-refractivity contribution in [2.75, 3.05) is 16.8 Å². The van der Waals surface area contributed by atoms with Crippen molar-refractivity contribution in [1.29, 1.82) is 0 Å². The summed E-state index contributed by atoms with van der Waals surface area (Å²) in [6.45, 7) is 0.665. The molecule has 4 heterocycles. The smallest absolute Gasteiger partial charge is 0.250 e. The lowest BCUT2D eigenvalue weighted by Crippen LogP contribution is -2.54. The predicted molar refractivity (Wildman–Crippen MR) is 112 cm³/mol. The maximum atomic E-state index is 13.7. The summed E-state index contributed by atoms with van der Waals surface area (Å²) in [7, 11) is 0. The van der Waals surface area contributed by atoms with Crippen molar-refractivity contribution >= 4 is 52.3 Å². The maximum absolute atomic E-state index is 13.7. The number of fused-ring (bicyclic) bond motifs is 7. The van der Waals surface area contributed by atoms with Crippen molar-refractivity contribution in [3.8, 4) is 0 Å². The Morgan fingerprint density at radius 3 is 2.53 bits per heavy atom. The second-order valence-electron chi connectivity index (χ2n) is 8.28. The van der Waals surface area contributed by atoms with Crippen LogP contribution in [0, 0.1) is 11.8 Å². The van der Waals surface area contributed by atoms with Gasteiger partial charge in [0, 0.05) is 16.6 Å². The Morgan fingerprint density at radius 2 is 1.77 bits per heavy atom. The fourth-order valence-electron chi connectivity index (χ4n) is 6.04. The van der Waals surface area contributed by atoms with Crippen molar-refractivity contribution < 1.29 is 14.4 Å². The van der Waals surface area contributed by atoms with Crippen LogP contribution in [-0.4, -0.2) is 35.2 Å². The van der Waals surface area contributed by atoms with Gasteiger partial charge in [-0.25, -0.2) is 4.90 Å². The highest BCUT2D eigenvalue weighted by atomic mass is 35.5. The lowest BCUT2D eigenvalue weighted by Gasteiger charge is -2.36. The molecule has 4 atom stereocenters. The molecule has 4 aliphatic heterocycles. The molecule has 3 saturated heterocycles. The molecule has 0 saturated carbocycles. The largest absolute Gasteiger partial charge is 0.323 e. The van der Waals surface area contributed by atoms with Crippen molar-refractivity contribution in [2.45, 2.75) is 24.4 Å². The summed E-state index contributed by atoms with van der Waals surface area (Å²) in [5.41, 5.74) is 0.507. The van der Waals surface area contributed by atoms with E-state index in [-0.39, 0.29) is 23.8 Å². The zero-order valence-electron chi connectivity index (χ0n) is 15.8. The highest BCUT2D eigenvalue weighted by Gasteiger charge is 2.74. The number of carbonyl (C=O) groups is 3. The van der Waals surface area contributed by atoms with Crippen molar-refractivity contribution in [3.63, 3.8) is 0 Å². The van der Waals surface area contributed by atoms with Gasteiger partial charge in [-0.15, -0.1) is 0 Å². The zero-order valence-corrected chi connectivity index (χ0v) is 17.3. The van der Waals surface area contributed by atoms with Gasteiger partial charge in [0.15, 0.2) is 0 Å². The summed E-state index contributed by atoms with van der Waals surface area (Å²) in [6, 6.07) is 11.8. The van der Waals surface area contributed by atoms with E-state index in [2.05, 4.69) is 10.2 Å². The summed E-state index contributed by atoms with van der Waals surface area (Å²) >= 11 is 12.4. The highest BCUT2D eigenvalue weighted by molar-refractivity contribution is 6.35. The van der Waals surface area contributed by atoms with Crippen molar-refractivity contribution in [1.82, 2.24) is 4.90 Å². The van der Waals surface area contributed by atoms with Crippen molar-refractivity contribution in [2.24, 2.45) is 11.8 Å². The Labute approximate surface area is 182 Å². The van der Waals surface area contributed by atoms with E-state index in [0.717, 1.165) is 12.8 Å². The first kappa shape index (κ1) is 18.4. The first-order valence-corrected chi connectivity index (χ1v) is 10.7. The number of amides is 3. The molecule has 4 aliphatic rings. The minimum Gasteiger partial charge on any atom is -0.323 e. The summed E-state index contributed by atoms with van der Waals surface area (Å²) < 4.78 is 0. The van der Waals surface area contributed by atoms with Gasteiger partial charge in [-0.05, 0) is 49.7 Å². The van der Waals surface area contributed by atoms with Crippen LogP contribution in [-0.2, 0) is 19.9 Å². The standard InChI is InChI=1S/C22H17Cl2N3O3/c23-11-6-8-12(9-7-11)27-19(28)16-15-5-2-10-26(15)22(17(16)20(27)29)13-3-1-4-14(24)18(13)25-21(22)30/h1,3-4,6-9,15-17H,2,5,10H2,(H,25,30)/t15-,16-,17+,22+/m1/s1. The molecule has 8 heteroatoms. The monoisotopic (exact) mass is 441 g/mol. The molecule has 0 aliphatic carbocycles. The van der Waals surface area contributed by atoms with Gasteiger partial charge in [0.1, 0.15) is 5.54 Å². The molecule has 2 aromatic carbocycles.